The second-order valence-corrected chi connectivity index (χ2v) is 41.1. The summed E-state index contributed by atoms with van der Waals surface area (Å²) in [4.78, 5) is 0. The predicted molar refractivity (Wildman–Crippen MR) is 635 cm³/mol. The number of hydrogen-bond donors (Lipinski definition) is 0. The normalized spacial score (nSPS) is 15.7. The third kappa shape index (κ3) is 13.2. The van der Waals surface area contributed by atoms with E-state index >= 15 is 0 Å². The van der Waals surface area contributed by atoms with Gasteiger partial charge in [0, 0.05) is 64.7 Å². The fraction of sp³-hybridized carbons (Fsp3) is 0.0612. The Morgan fingerprint density at radius 3 is 0.707 bits per heavy atom. The number of rotatable bonds is 8. The van der Waals surface area contributed by atoms with Crippen LogP contribution in [0.3, 0.4) is 0 Å². The van der Waals surface area contributed by atoms with Gasteiger partial charge in [0.05, 0.1) is 32.9 Å². The van der Waals surface area contributed by atoms with Gasteiger partial charge in [-0.1, -0.05) is 447 Å². The topological polar surface area (TPSA) is 39.4 Å². The number of hydrogen-bond acceptors (Lipinski definition) is 3. The summed E-state index contributed by atoms with van der Waals surface area (Å²) in [5.74, 6) is 0. The van der Waals surface area contributed by atoms with Gasteiger partial charge >= 0.3 is 0 Å². The van der Waals surface area contributed by atoms with Gasteiger partial charge in [0.2, 0.25) is 0 Å². The summed E-state index contributed by atoms with van der Waals surface area (Å²) in [6.45, 7) is 13.2. The Labute approximate surface area is 902 Å². The first-order valence-electron chi connectivity index (χ1n) is 62.5. The fourth-order valence-electron chi connectivity index (χ4n) is 24.9. The Bertz CT molecular complexity index is 12200. The Balaban J connectivity index is 0.000000115. The van der Waals surface area contributed by atoms with Crippen LogP contribution in [0.5, 0.6) is 0 Å². The zero-order valence-corrected chi connectivity index (χ0v) is 82.1. The average molecular weight is 1940 g/mol. The van der Waals surface area contributed by atoms with Crippen LogP contribution in [0.2, 0.25) is 0 Å². The minimum Gasteiger partial charge on any atom is -0.455 e. The second-order valence-electron chi connectivity index (χ2n) is 41.1. The van der Waals surface area contributed by atoms with E-state index in [2.05, 4.69) is 139 Å². The van der Waals surface area contributed by atoms with Crippen molar-refractivity contribution in [3.63, 3.8) is 0 Å². The number of fused-ring (bicyclic) bond motifs is 30. The van der Waals surface area contributed by atoms with E-state index in [4.69, 9.17) is 29.7 Å². The van der Waals surface area contributed by atoms with E-state index in [0.29, 0.717) is 94.7 Å². The van der Waals surface area contributed by atoms with Crippen molar-refractivity contribution >= 4 is 163 Å². The van der Waals surface area contributed by atoms with Gasteiger partial charge in [-0.05, 0) is 315 Å². The molecule has 0 unspecified atom stereocenters. The standard InChI is InChI=1S/2C51H34O.C45H30O/c1-51(2)45-21-10-9-16-37(45)38-25-23-33(30-46(38)51)32-13-11-14-34(28-32)48-39-17-5-7-19-41(39)49(42-20-8-6-18-40(42)48)35-24-27-47-44(29-35)43-26-22-31-12-3-4-15-36(31)50(43)52-47;1-51(2)45-18-10-9-13-37(45)38-26-24-34(30-46(38)51)31-19-21-33(22-20-31)48-39-14-5-7-16-41(39)49(42-17-8-6-15-40(42)48)35-25-28-47-44(29-35)43-27-23-32-11-3-4-12-36(32)50(43)52-47;1-45(2)39-18-10-9-13-31(39)32-22-20-29(26-40(32)45)43-35-16-7-5-14-33(35)42(34-15-6-8-17-36(34)43)28-21-24-41-38(25-28)37-23-19-27-11-3-4-12-30(27)44(37)46-41/h2*3-30H,1-2H3;3-26H,1-2H3/i5D,6D,7D,8D,17D,18D,19D,20D;2*5D,6D,7D,8D,14D,15D,16D,17D. The zero-order chi connectivity index (χ0) is 121. The van der Waals surface area contributed by atoms with Crippen LogP contribution < -0.4 is 0 Å². The largest absolute Gasteiger partial charge is 0.455 e. The molecule has 3 aliphatic carbocycles. The van der Waals surface area contributed by atoms with Crippen molar-refractivity contribution in [2.75, 3.05) is 0 Å². The summed E-state index contributed by atoms with van der Waals surface area (Å²) in [6.07, 6.45) is 0. The first-order valence-corrected chi connectivity index (χ1v) is 50.5. The smallest absolute Gasteiger partial charge is 0.143 e. The van der Waals surface area contributed by atoms with Crippen molar-refractivity contribution in [2.24, 2.45) is 0 Å². The van der Waals surface area contributed by atoms with Gasteiger partial charge in [-0.2, -0.15) is 0 Å². The van der Waals surface area contributed by atoms with Gasteiger partial charge in [-0.15, -0.1) is 0 Å². The molecule has 3 heteroatoms. The summed E-state index contributed by atoms with van der Waals surface area (Å²) in [7, 11) is 0. The maximum Gasteiger partial charge on any atom is 0.143 e. The highest BCUT2D eigenvalue weighted by atomic mass is 16.3. The molecule has 3 aliphatic rings. The molecule has 0 saturated heterocycles. The lowest BCUT2D eigenvalue weighted by Gasteiger charge is -2.23. The lowest BCUT2D eigenvalue weighted by Crippen LogP contribution is -2.14. The van der Waals surface area contributed by atoms with Gasteiger partial charge in [0.1, 0.15) is 33.5 Å². The minimum absolute atomic E-state index is 0.175. The van der Waals surface area contributed by atoms with Crippen LogP contribution in [0.25, 0.3) is 285 Å². The van der Waals surface area contributed by atoms with Crippen molar-refractivity contribution in [1.29, 1.82) is 0 Å². The minimum atomic E-state index is -0.434. The molecule has 0 aliphatic heterocycles. The monoisotopic (exact) mass is 1930 g/mol. The van der Waals surface area contributed by atoms with Crippen LogP contribution in [0.15, 0.2) is 498 Å². The Morgan fingerprint density at radius 1 is 0.153 bits per heavy atom. The number of benzene rings is 26. The molecule has 0 fully saturated rings. The first kappa shape index (κ1) is 65.8. The Hall–Kier alpha value is -18.5. The lowest BCUT2D eigenvalue weighted by atomic mass is 9.80. The summed E-state index contributed by atoms with van der Waals surface area (Å²) < 4.78 is 239. The highest BCUT2D eigenvalue weighted by Gasteiger charge is 2.39. The molecule has 3 heterocycles. The summed E-state index contributed by atoms with van der Waals surface area (Å²) in [5, 5.41) is 13.0. The SMILES string of the molecule is [2H]c1c([2H])c([2H])c2c(-c3ccc4oc5c6ccccc6ccc5c4c3)c3c([2H])c([2H])c([2H])c([2H])c3c(-c3ccc(-c4ccc5c(c4)C(C)(C)c4ccccc4-5)cc3)c2c1[2H].[2H]c1c([2H])c([2H])c2c(-c3ccc4oc5c6ccccc6ccc5c4c3)c3c([2H])c([2H])c([2H])c([2H])c3c(-c3ccc4c(c3)C(C)(C)c3ccccc3-4)c2c1[2H].[2H]c1c([2H])c([2H])c2c(-c3ccc4oc5c6ccccc6ccc5c4c3)c3c([2H])c([2H])c([2H])c([2H])c3c(-c3cccc(-c4ccc5c(c4)C(C)(C)c4ccccc4-5)c3)c2c1[2H]. The molecular weight excluding hydrogens is 1810 g/mol. The van der Waals surface area contributed by atoms with Crippen LogP contribution >= 0.6 is 0 Å². The first-order chi connectivity index (χ1) is 83.6. The van der Waals surface area contributed by atoms with E-state index in [9.17, 15) is 16.4 Å². The third-order valence-corrected chi connectivity index (χ3v) is 32.1. The summed E-state index contributed by atoms with van der Waals surface area (Å²) in [6, 6.07) is 103. The maximum absolute atomic E-state index is 9.47. The summed E-state index contributed by atoms with van der Waals surface area (Å²) >= 11 is 0. The molecule has 0 amide bonds. The molecule has 0 bridgehead atoms. The van der Waals surface area contributed by atoms with Gasteiger partial charge in [-0.3, -0.25) is 0 Å². The van der Waals surface area contributed by atoms with Gasteiger partial charge in [0.25, 0.3) is 0 Å². The average Bonchev–Trinajstić information content (AvgIpc) is 1.57. The van der Waals surface area contributed by atoms with Gasteiger partial charge in [0.15, 0.2) is 0 Å². The molecule has 0 saturated carbocycles. The second kappa shape index (κ2) is 33.2. The van der Waals surface area contributed by atoms with E-state index < -0.39 is 72.5 Å². The predicted octanol–water partition coefficient (Wildman–Crippen LogP) is 41.4. The molecule has 29 aromatic rings. The summed E-state index contributed by atoms with van der Waals surface area (Å²) in [5.41, 5.74) is 26.4. The van der Waals surface area contributed by atoms with Crippen LogP contribution in [0.1, 0.15) is 108 Å². The van der Waals surface area contributed by atoms with Crippen LogP contribution in [-0.2, 0) is 16.2 Å². The van der Waals surface area contributed by atoms with Gasteiger partial charge in [-0.25, -0.2) is 0 Å². The Morgan fingerprint density at radius 2 is 0.380 bits per heavy atom. The maximum atomic E-state index is 9.47. The molecule has 0 N–H and O–H groups in total. The molecule has 32 rings (SSSR count). The van der Waals surface area contributed by atoms with Crippen molar-refractivity contribution in [3.05, 3.63) is 518 Å². The van der Waals surface area contributed by atoms with Crippen molar-refractivity contribution in [2.45, 2.75) is 57.8 Å². The molecular formula is C147H98O3. The molecule has 3 nitrogen and oxygen atoms in total. The molecule has 0 atom stereocenters. The van der Waals surface area contributed by atoms with Crippen molar-refractivity contribution in [1.82, 2.24) is 0 Å². The number of furan rings is 3. The molecule has 0 spiro atoms. The van der Waals surface area contributed by atoms with E-state index in [1.54, 1.807) is 18.2 Å². The van der Waals surface area contributed by atoms with E-state index in [-0.39, 0.29) is 153 Å². The van der Waals surface area contributed by atoms with E-state index in [1.165, 1.54) is 50.1 Å². The van der Waals surface area contributed by atoms with Crippen molar-refractivity contribution in [3.8, 4) is 122 Å². The molecule has 0 radical (unpaired) electrons. The molecule has 26 aromatic carbocycles. The van der Waals surface area contributed by atoms with Crippen LogP contribution in [-0.4, -0.2) is 0 Å². The molecule has 150 heavy (non-hydrogen) atoms. The third-order valence-electron chi connectivity index (χ3n) is 32.1. The van der Waals surface area contributed by atoms with E-state index in [1.807, 2.05) is 224 Å². The van der Waals surface area contributed by atoms with E-state index in [0.717, 1.165) is 109 Å². The van der Waals surface area contributed by atoms with Crippen LogP contribution in [0.4, 0.5) is 0 Å². The Kier molecular flexibility index (Phi) is 14.6. The highest BCUT2D eigenvalue weighted by Crippen LogP contribution is 2.57. The van der Waals surface area contributed by atoms with Gasteiger partial charge < -0.3 is 13.3 Å². The van der Waals surface area contributed by atoms with Crippen LogP contribution in [0, 0.1) is 0 Å². The quantitative estimate of drug-likeness (QED) is 0.142. The highest BCUT2D eigenvalue weighted by molar-refractivity contribution is 6.28. The lowest BCUT2D eigenvalue weighted by molar-refractivity contribution is 0.660. The molecule has 3 aromatic heterocycles. The zero-order valence-electron chi connectivity index (χ0n) is 106. The molecule has 704 valence electrons. The van der Waals surface area contributed by atoms with Crippen molar-refractivity contribution < 1.29 is 46.1 Å². The fourth-order valence-corrected chi connectivity index (χ4v) is 24.9.